The van der Waals surface area contributed by atoms with E-state index in [9.17, 15) is 26.8 Å². The van der Waals surface area contributed by atoms with Crippen molar-refractivity contribution in [3.8, 4) is 0 Å². The maximum atomic E-state index is 14.5. The Bertz CT molecular complexity index is 1220. The number of carbonyl (C=O) groups is 2. The molecule has 1 aliphatic carbocycles. The van der Waals surface area contributed by atoms with Crippen LogP contribution in [-0.4, -0.2) is 37.7 Å². The SMILES string of the molecule is NS(=O)(=O)c1cccc(C(=O)N2CCC[C@@H]2C(=O)N[C@@H](c2cc(F)c(Cl)cc2F)C2CC2)c1. The van der Waals surface area contributed by atoms with Gasteiger partial charge in [0.05, 0.1) is 16.0 Å². The summed E-state index contributed by atoms with van der Waals surface area (Å²) in [5.41, 5.74) is 0.107. The minimum atomic E-state index is -4.00. The number of likely N-dealkylation sites (tertiary alicyclic amines) is 1. The zero-order valence-electron chi connectivity index (χ0n) is 17.4. The third-order valence-corrected chi connectivity index (χ3v) is 7.19. The van der Waals surface area contributed by atoms with Crippen LogP contribution in [0.15, 0.2) is 41.3 Å². The number of hydrogen-bond acceptors (Lipinski definition) is 4. The molecule has 1 saturated heterocycles. The summed E-state index contributed by atoms with van der Waals surface area (Å²) < 4.78 is 51.8. The van der Waals surface area contributed by atoms with Crippen molar-refractivity contribution in [2.45, 2.75) is 42.7 Å². The maximum Gasteiger partial charge on any atom is 0.254 e. The number of halogens is 3. The van der Waals surface area contributed by atoms with Gasteiger partial charge < -0.3 is 10.2 Å². The molecule has 7 nitrogen and oxygen atoms in total. The molecule has 0 aromatic heterocycles. The monoisotopic (exact) mass is 497 g/mol. The number of sulfonamides is 1. The number of carbonyl (C=O) groups excluding carboxylic acids is 2. The number of rotatable bonds is 6. The first-order chi connectivity index (χ1) is 15.6. The van der Waals surface area contributed by atoms with Crippen LogP contribution in [0.25, 0.3) is 0 Å². The van der Waals surface area contributed by atoms with Gasteiger partial charge in [0.15, 0.2) is 0 Å². The lowest BCUT2D eigenvalue weighted by Crippen LogP contribution is -2.47. The molecule has 1 saturated carbocycles. The first-order valence-electron chi connectivity index (χ1n) is 10.4. The van der Waals surface area contributed by atoms with E-state index in [1.807, 2.05) is 0 Å². The minimum Gasteiger partial charge on any atom is -0.347 e. The largest absolute Gasteiger partial charge is 0.347 e. The Morgan fingerprint density at radius 1 is 1.12 bits per heavy atom. The molecule has 0 bridgehead atoms. The molecule has 0 spiro atoms. The highest BCUT2D eigenvalue weighted by molar-refractivity contribution is 7.89. The van der Waals surface area contributed by atoms with E-state index < -0.39 is 45.6 Å². The van der Waals surface area contributed by atoms with Crippen molar-refractivity contribution in [3.63, 3.8) is 0 Å². The molecule has 2 aliphatic rings. The number of nitrogens with two attached hydrogens (primary N) is 1. The standard InChI is InChI=1S/C22H22ClF2N3O4S/c23-16-11-17(24)15(10-18(16)25)20(12-6-7-12)27-21(29)19-5-2-8-28(19)22(30)13-3-1-4-14(9-13)33(26,31)32/h1,3-4,9-12,19-20H,2,5-8H2,(H,27,29)(H2,26,31,32)/t19-,20-/m1/s1. The third kappa shape index (κ3) is 5.02. The predicted molar refractivity (Wildman–Crippen MR) is 117 cm³/mol. The van der Waals surface area contributed by atoms with Crippen molar-refractivity contribution in [1.29, 1.82) is 0 Å². The zero-order valence-corrected chi connectivity index (χ0v) is 19.0. The minimum absolute atomic E-state index is 0.0180. The number of primary sulfonamides is 1. The summed E-state index contributed by atoms with van der Waals surface area (Å²) in [5.74, 6) is -2.51. The Kier molecular flexibility index (Phi) is 6.43. The van der Waals surface area contributed by atoms with Gasteiger partial charge in [-0.25, -0.2) is 22.3 Å². The number of benzene rings is 2. The summed E-state index contributed by atoms with van der Waals surface area (Å²) >= 11 is 5.65. The number of nitrogens with zero attached hydrogens (tertiary/aromatic N) is 1. The van der Waals surface area contributed by atoms with Crippen molar-refractivity contribution in [3.05, 3.63) is 64.2 Å². The van der Waals surface area contributed by atoms with Crippen LogP contribution >= 0.6 is 11.6 Å². The highest BCUT2D eigenvalue weighted by atomic mass is 35.5. The quantitative estimate of drug-likeness (QED) is 0.597. The van der Waals surface area contributed by atoms with Gasteiger partial charge in [-0.15, -0.1) is 0 Å². The Balaban J connectivity index is 1.55. The van der Waals surface area contributed by atoms with Crippen LogP contribution < -0.4 is 10.5 Å². The molecule has 11 heteroatoms. The lowest BCUT2D eigenvalue weighted by molar-refractivity contribution is -0.125. The predicted octanol–water partition coefficient (Wildman–Crippen LogP) is 3.14. The molecule has 0 unspecified atom stereocenters. The maximum absolute atomic E-state index is 14.5. The summed E-state index contributed by atoms with van der Waals surface area (Å²) in [6.07, 6.45) is 2.46. The normalized spacial score (nSPS) is 19.4. The molecule has 1 heterocycles. The molecule has 2 aromatic carbocycles. The molecule has 2 atom stereocenters. The average molecular weight is 498 g/mol. The topological polar surface area (TPSA) is 110 Å². The van der Waals surface area contributed by atoms with Gasteiger partial charge >= 0.3 is 0 Å². The molecule has 2 aromatic rings. The van der Waals surface area contributed by atoms with Gasteiger partial charge in [-0.1, -0.05) is 17.7 Å². The molecule has 0 radical (unpaired) electrons. The highest BCUT2D eigenvalue weighted by Gasteiger charge is 2.40. The summed E-state index contributed by atoms with van der Waals surface area (Å²) in [4.78, 5) is 27.4. The van der Waals surface area contributed by atoms with Crippen LogP contribution in [0.2, 0.25) is 5.02 Å². The summed E-state index contributed by atoms with van der Waals surface area (Å²) in [6, 6.07) is 5.62. The zero-order chi connectivity index (χ0) is 23.9. The van der Waals surface area contributed by atoms with Gasteiger partial charge in [0.25, 0.3) is 5.91 Å². The van der Waals surface area contributed by atoms with E-state index >= 15 is 0 Å². The van der Waals surface area contributed by atoms with E-state index in [2.05, 4.69) is 5.32 Å². The summed E-state index contributed by atoms with van der Waals surface area (Å²) in [6.45, 7) is 0.300. The number of nitrogens with one attached hydrogen (secondary N) is 1. The molecule has 2 fully saturated rings. The number of hydrogen-bond donors (Lipinski definition) is 2. The van der Waals surface area contributed by atoms with Crippen LogP contribution in [0.3, 0.4) is 0 Å². The van der Waals surface area contributed by atoms with E-state index in [1.165, 1.54) is 29.2 Å². The van der Waals surface area contributed by atoms with E-state index in [4.69, 9.17) is 16.7 Å². The average Bonchev–Trinajstić information content (AvgIpc) is 3.49. The van der Waals surface area contributed by atoms with Crippen LogP contribution in [0.5, 0.6) is 0 Å². The fourth-order valence-corrected chi connectivity index (χ4v) is 4.87. The first kappa shape index (κ1) is 23.6. The summed E-state index contributed by atoms with van der Waals surface area (Å²) in [5, 5.41) is 7.61. The fraction of sp³-hybridized carbons (Fsp3) is 0.364. The van der Waals surface area contributed by atoms with Gasteiger partial charge in [-0.3, -0.25) is 9.59 Å². The van der Waals surface area contributed by atoms with Gasteiger partial charge in [0.2, 0.25) is 15.9 Å². The molecule has 2 amide bonds. The third-order valence-electron chi connectivity index (χ3n) is 5.99. The second kappa shape index (κ2) is 9.00. The fourth-order valence-electron chi connectivity index (χ4n) is 4.16. The van der Waals surface area contributed by atoms with Crippen LogP contribution in [0.4, 0.5) is 8.78 Å². The van der Waals surface area contributed by atoms with Gasteiger partial charge in [0.1, 0.15) is 17.7 Å². The molecule has 33 heavy (non-hydrogen) atoms. The van der Waals surface area contributed by atoms with E-state index in [0.29, 0.717) is 19.4 Å². The van der Waals surface area contributed by atoms with Crippen LogP contribution in [-0.2, 0) is 14.8 Å². The number of amides is 2. The van der Waals surface area contributed by atoms with E-state index in [-0.39, 0.29) is 27.0 Å². The first-order valence-corrected chi connectivity index (χ1v) is 12.4. The molecular weight excluding hydrogens is 476 g/mol. The Morgan fingerprint density at radius 2 is 1.85 bits per heavy atom. The summed E-state index contributed by atoms with van der Waals surface area (Å²) in [7, 11) is -4.00. The Labute approximate surface area is 194 Å². The van der Waals surface area contributed by atoms with Crippen molar-refractivity contribution in [2.24, 2.45) is 11.1 Å². The van der Waals surface area contributed by atoms with Crippen molar-refractivity contribution < 1.29 is 26.8 Å². The lowest BCUT2D eigenvalue weighted by atomic mass is 10.0. The molecule has 1 aliphatic heterocycles. The Morgan fingerprint density at radius 3 is 2.52 bits per heavy atom. The molecule has 176 valence electrons. The van der Waals surface area contributed by atoms with Crippen LogP contribution in [0.1, 0.15) is 47.6 Å². The van der Waals surface area contributed by atoms with Crippen molar-refractivity contribution >= 4 is 33.4 Å². The lowest BCUT2D eigenvalue weighted by Gasteiger charge is -2.27. The van der Waals surface area contributed by atoms with E-state index in [1.54, 1.807) is 0 Å². The van der Waals surface area contributed by atoms with Crippen molar-refractivity contribution in [1.82, 2.24) is 10.2 Å². The van der Waals surface area contributed by atoms with Crippen LogP contribution in [0, 0.1) is 17.6 Å². The smallest absolute Gasteiger partial charge is 0.254 e. The molecular formula is C22H22ClF2N3O4S. The second-order valence-corrected chi connectivity index (χ2v) is 10.3. The highest BCUT2D eigenvalue weighted by Crippen LogP contribution is 2.42. The second-order valence-electron chi connectivity index (χ2n) is 8.34. The van der Waals surface area contributed by atoms with Gasteiger partial charge in [-0.05, 0) is 61.9 Å². The van der Waals surface area contributed by atoms with E-state index in [0.717, 1.165) is 25.0 Å². The molecule has 4 rings (SSSR count). The van der Waals surface area contributed by atoms with Gasteiger partial charge in [-0.2, -0.15) is 0 Å². The van der Waals surface area contributed by atoms with Gasteiger partial charge in [0, 0.05) is 17.7 Å². The molecule has 3 N–H and O–H groups in total. The van der Waals surface area contributed by atoms with Crippen molar-refractivity contribution in [2.75, 3.05) is 6.54 Å². The Hall–Kier alpha value is -2.56.